The number of amides is 1. The monoisotopic (exact) mass is 243 g/mol. The van der Waals surface area contributed by atoms with Gasteiger partial charge in [0, 0.05) is 20.0 Å². The van der Waals surface area contributed by atoms with E-state index in [4.69, 9.17) is 9.47 Å². The summed E-state index contributed by atoms with van der Waals surface area (Å²) in [6.07, 6.45) is 1.96. The maximum Gasteiger partial charge on any atom is 0.412 e. The van der Waals surface area contributed by atoms with E-state index in [1.165, 1.54) is 0 Å². The summed E-state index contributed by atoms with van der Waals surface area (Å²) in [5.74, 6) is -0.574. The van der Waals surface area contributed by atoms with Crippen molar-refractivity contribution < 1.29 is 19.1 Å². The zero-order chi connectivity index (χ0) is 12.8. The van der Waals surface area contributed by atoms with E-state index in [0.717, 1.165) is 32.4 Å². The van der Waals surface area contributed by atoms with Crippen LogP contribution in [-0.4, -0.2) is 36.3 Å². The van der Waals surface area contributed by atoms with Crippen molar-refractivity contribution in [2.75, 3.05) is 13.1 Å². The number of nitrogens with zero attached hydrogens (tertiary/aromatic N) is 1. The summed E-state index contributed by atoms with van der Waals surface area (Å²) in [5.41, 5.74) is 0. The fraction of sp³-hybridized carbons (Fsp3) is 0.833. The molecule has 5 heteroatoms. The lowest BCUT2D eigenvalue weighted by Crippen LogP contribution is -2.38. The fourth-order valence-corrected chi connectivity index (χ4v) is 1.62. The molecule has 1 rings (SSSR count). The van der Waals surface area contributed by atoms with Crippen molar-refractivity contribution >= 4 is 12.1 Å². The molecular weight excluding hydrogens is 222 g/mol. The molecule has 17 heavy (non-hydrogen) atoms. The van der Waals surface area contributed by atoms with Crippen LogP contribution in [0.15, 0.2) is 0 Å². The van der Waals surface area contributed by atoms with Gasteiger partial charge in [-0.1, -0.05) is 13.8 Å². The number of hydrogen-bond donors (Lipinski definition) is 0. The SMILES string of the molecule is CC(OC(=O)C(C)C)OC(=O)N1CCCCC1. The molecule has 98 valence electrons. The molecule has 1 fully saturated rings. The molecule has 1 amide bonds. The second-order valence-corrected chi connectivity index (χ2v) is 4.59. The van der Waals surface area contributed by atoms with Crippen LogP contribution in [0.25, 0.3) is 0 Å². The summed E-state index contributed by atoms with van der Waals surface area (Å²) < 4.78 is 10.0. The third kappa shape index (κ3) is 4.63. The van der Waals surface area contributed by atoms with Gasteiger partial charge in [0.1, 0.15) is 0 Å². The molecule has 0 aromatic carbocycles. The molecule has 0 aliphatic carbocycles. The van der Waals surface area contributed by atoms with Gasteiger partial charge < -0.3 is 14.4 Å². The largest absolute Gasteiger partial charge is 0.425 e. The lowest BCUT2D eigenvalue weighted by Gasteiger charge is -2.27. The van der Waals surface area contributed by atoms with Crippen molar-refractivity contribution in [1.29, 1.82) is 0 Å². The third-order valence-corrected chi connectivity index (χ3v) is 2.63. The topological polar surface area (TPSA) is 55.8 Å². The first kappa shape index (κ1) is 13.8. The van der Waals surface area contributed by atoms with Gasteiger partial charge in [0.25, 0.3) is 0 Å². The Bertz CT molecular complexity index is 272. The Kier molecular flexibility index (Phi) is 5.25. The average molecular weight is 243 g/mol. The summed E-state index contributed by atoms with van der Waals surface area (Å²) >= 11 is 0. The molecule has 0 aromatic heterocycles. The number of hydrogen-bond acceptors (Lipinski definition) is 4. The number of ether oxygens (including phenoxy) is 2. The van der Waals surface area contributed by atoms with Gasteiger partial charge in [-0.15, -0.1) is 0 Å². The Morgan fingerprint density at radius 2 is 1.59 bits per heavy atom. The maximum atomic E-state index is 11.7. The average Bonchev–Trinajstić information content (AvgIpc) is 2.29. The molecule has 1 aliphatic heterocycles. The molecule has 0 radical (unpaired) electrons. The summed E-state index contributed by atoms with van der Waals surface area (Å²) in [5, 5.41) is 0. The van der Waals surface area contributed by atoms with Gasteiger partial charge in [-0.3, -0.25) is 4.79 Å². The minimum absolute atomic E-state index is 0.217. The summed E-state index contributed by atoms with van der Waals surface area (Å²) in [4.78, 5) is 24.6. The van der Waals surface area contributed by atoms with E-state index in [1.807, 2.05) is 0 Å². The van der Waals surface area contributed by atoms with E-state index >= 15 is 0 Å². The van der Waals surface area contributed by atoms with Crippen LogP contribution in [0.1, 0.15) is 40.0 Å². The van der Waals surface area contributed by atoms with Crippen molar-refractivity contribution in [3.8, 4) is 0 Å². The molecule has 0 aromatic rings. The van der Waals surface area contributed by atoms with Gasteiger partial charge in [0.05, 0.1) is 5.92 Å². The molecule has 0 saturated carbocycles. The molecule has 1 saturated heterocycles. The summed E-state index contributed by atoms with van der Waals surface area (Å²) in [6.45, 7) is 6.48. The lowest BCUT2D eigenvalue weighted by molar-refractivity contribution is -0.169. The third-order valence-electron chi connectivity index (χ3n) is 2.63. The zero-order valence-corrected chi connectivity index (χ0v) is 10.8. The second-order valence-electron chi connectivity index (χ2n) is 4.59. The van der Waals surface area contributed by atoms with Crippen LogP contribution in [0, 0.1) is 5.92 Å². The van der Waals surface area contributed by atoms with Crippen LogP contribution in [0.4, 0.5) is 4.79 Å². The standard InChI is InChI=1S/C12H21NO4/c1-9(2)11(14)16-10(3)17-12(15)13-7-5-4-6-8-13/h9-10H,4-8H2,1-3H3. The van der Waals surface area contributed by atoms with Crippen molar-refractivity contribution in [2.45, 2.75) is 46.3 Å². The smallest absolute Gasteiger partial charge is 0.412 e. The quantitative estimate of drug-likeness (QED) is 0.563. The van der Waals surface area contributed by atoms with Crippen molar-refractivity contribution in [1.82, 2.24) is 4.90 Å². The number of rotatable bonds is 3. The summed E-state index contributed by atoms with van der Waals surface area (Å²) in [6, 6.07) is 0. The number of piperidine rings is 1. The van der Waals surface area contributed by atoms with E-state index in [-0.39, 0.29) is 11.9 Å². The number of carbonyl (C=O) groups excluding carboxylic acids is 2. The predicted molar refractivity (Wildman–Crippen MR) is 62.3 cm³/mol. The molecule has 1 aliphatic rings. The first-order valence-electron chi connectivity index (χ1n) is 6.16. The first-order chi connectivity index (χ1) is 8.00. The van der Waals surface area contributed by atoms with Crippen LogP contribution < -0.4 is 0 Å². The van der Waals surface area contributed by atoms with Crippen LogP contribution >= 0.6 is 0 Å². The van der Waals surface area contributed by atoms with Gasteiger partial charge in [-0.2, -0.15) is 0 Å². The van der Waals surface area contributed by atoms with Crippen LogP contribution in [-0.2, 0) is 14.3 Å². The van der Waals surface area contributed by atoms with Gasteiger partial charge in [-0.25, -0.2) is 4.79 Å². The van der Waals surface area contributed by atoms with Crippen LogP contribution in [0.2, 0.25) is 0 Å². The molecule has 0 N–H and O–H groups in total. The fourth-order valence-electron chi connectivity index (χ4n) is 1.62. The Labute approximate surface area is 102 Å². The van der Waals surface area contributed by atoms with E-state index < -0.39 is 12.4 Å². The van der Waals surface area contributed by atoms with Gasteiger partial charge >= 0.3 is 12.1 Å². The highest BCUT2D eigenvalue weighted by Gasteiger charge is 2.22. The normalized spacial score (nSPS) is 17.8. The molecule has 1 atom stereocenters. The van der Waals surface area contributed by atoms with E-state index in [0.29, 0.717) is 0 Å². The second kappa shape index (κ2) is 6.47. The van der Waals surface area contributed by atoms with Gasteiger partial charge in [0.15, 0.2) is 0 Å². The number of carbonyl (C=O) groups is 2. The minimum Gasteiger partial charge on any atom is -0.425 e. The summed E-state index contributed by atoms with van der Waals surface area (Å²) in [7, 11) is 0. The predicted octanol–water partition coefficient (Wildman–Crippen LogP) is 2.15. The Hall–Kier alpha value is -1.26. The van der Waals surface area contributed by atoms with Gasteiger partial charge in [-0.05, 0) is 19.3 Å². The van der Waals surface area contributed by atoms with Crippen molar-refractivity contribution in [3.05, 3.63) is 0 Å². The first-order valence-corrected chi connectivity index (χ1v) is 6.16. The Morgan fingerprint density at radius 3 is 2.12 bits per heavy atom. The van der Waals surface area contributed by atoms with E-state index in [9.17, 15) is 9.59 Å². The van der Waals surface area contributed by atoms with E-state index in [1.54, 1.807) is 25.7 Å². The maximum absolute atomic E-state index is 11.7. The van der Waals surface area contributed by atoms with Crippen molar-refractivity contribution in [2.24, 2.45) is 5.92 Å². The highest BCUT2D eigenvalue weighted by molar-refractivity contribution is 5.72. The highest BCUT2D eigenvalue weighted by Crippen LogP contribution is 2.11. The molecule has 1 unspecified atom stereocenters. The lowest BCUT2D eigenvalue weighted by atomic mass is 10.1. The zero-order valence-electron chi connectivity index (χ0n) is 10.8. The highest BCUT2D eigenvalue weighted by atomic mass is 16.7. The van der Waals surface area contributed by atoms with Crippen LogP contribution in [0.5, 0.6) is 0 Å². The molecule has 5 nitrogen and oxygen atoms in total. The molecular formula is C12H21NO4. The number of esters is 1. The molecule has 0 spiro atoms. The number of likely N-dealkylation sites (tertiary alicyclic amines) is 1. The van der Waals surface area contributed by atoms with Crippen LogP contribution in [0.3, 0.4) is 0 Å². The van der Waals surface area contributed by atoms with Gasteiger partial charge in [0.2, 0.25) is 6.29 Å². The Morgan fingerprint density at radius 1 is 1.00 bits per heavy atom. The molecule has 0 bridgehead atoms. The van der Waals surface area contributed by atoms with E-state index in [2.05, 4.69) is 0 Å². The van der Waals surface area contributed by atoms with Crippen molar-refractivity contribution in [3.63, 3.8) is 0 Å². The Balaban J connectivity index is 2.32. The molecule has 1 heterocycles. The minimum atomic E-state index is -0.820.